The van der Waals surface area contributed by atoms with Crippen LogP contribution in [-0.4, -0.2) is 24.7 Å². The molecule has 0 heterocycles. The molecule has 0 saturated heterocycles. The van der Waals surface area contributed by atoms with Gasteiger partial charge in [0, 0.05) is 12.6 Å². The second kappa shape index (κ2) is 4.45. The number of nitrogens with one attached hydrogen (secondary N) is 1. The molecule has 0 aromatic rings. The fourth-order valence-electron chi connectivity index (χ4n) is 0.909. The lowest BCUT2D eigenvalue weighted by atomic mass is 10.1. The van der Waals surface area contributed by atoms with Crippen molar-refractivity contribution >= 4 is 5.91 Å². The second-order valence-electron chi connectivity index (χ2n) is 3.87. The summed E-state index contributed by atoms with van der Waals surface area (Å²) in [5, 5.41) is 2.86. The summed E-state index contributed by atoms with van der Waals surface area (Å²) in [7, 11) is 1.55. The molecule has 0 bridgehead atoms. The number of hydrogen-bond acceptors (Lipinski definition) is 2. The third-order valence-electron chi connectivity index (χ3n) is 1.45. The van der Waals surface area contributed by atoms with Gasteiger partial charge in [-0.05, 0) is 27.2 Å². The molecule has 0 saturated carbocycles. The normalized spacial score (nSPS) is 14.1. The molecule has 1 amide bonds. The SMILES string of the molecule is CCC(OC)C(=O)NC(C)(C)C. The molecular weight excluding hydrogens is 154 g/mol. The van der Waals surface area contributed by atoms with E-state index in [9.17, 15) is 4.79 Å². The highest BCUT2D eigenvalue weighted by molar-refractivity contribution is 5.81. The summed E-state index contributed by atoms with van der Waals surface area (Å²) in [4.78, 5) is 11.4. The highest BCUT2D eigenvalue weighted by Crippen LogP contribution is 2.02. The van der Waals surface area contributed by atoms with Crippen LogP contribution in [0.15, 0.2) is 0 Å². The Kier molecular flexibility index (Phi) is 4.24. The summed E-state index contributed by atoms with van der Waals surface area (Å²) in [6, 6.07) is 0. The molecule has 72 valence electrons. The molecule has 0 aliphatic rings. The van der Waals surface area contributed by atoms with Gasteiger partial charge in [0.05, 0.1) is 0 Å². The van der Waals surface area contributed by atoms with E-state index in [-0.39, 0.29) is 17.6 Å². The molecule has 0 aromatic heterocycles. The van der Waals surface area contributed by atoms with Crippen molar-refractivity contribution in [2.45, 2.75) is 45.8 Å². The quantitative estimate of drug-likeness (QED) is 0.699. The maximum Gasteiger partial charge on any atom is 0.249 e. The number of hydrogen-bond donors (Lipinski definition) is 1. The van der Waals surface area contributed by atoms with E-state index in [4.69, 9.17) is 4.74 Å². The smallest absolute Gasteiger partial charge is 0.249 e. The summed E-state index contributed by atoms with van der Waals surface area (Å²) < 4.78 is 5.00. The van der Waals surface area contributed by atoms with Crippen molar-refractivity contribution in [2.75, 3.05) is 7.11 Å². The number of carbonyl (C=O) groups excluding carboxylic acids is 1. The molecule has 0 radical (unpaired) electrons. The molecular formula is C9H19NO2. The second-order valence-corrected chi connectivity index (χ2v) is 3.87. The Bertz CT molecular complexity index is 145. The highest BCUT2D eigenvalue weighted by Gasteiger charge is 2.20. The van der Waals surface area contributed by atoms with Crippen molar-refractivity contribution < 1.29 is 9.53 Å². The van der Waals surface area contributed by atoms with Gasteiger partial charge >= 0.3 is 0 Å². The van der Waals surface area contributed by atoms with Gasteiger partial charge in [-0.2, -0.15) is 0 Å². The summed E-state index contributed by atoms with van der Waals surface area (Å²) in [6.07, 6.45) is 0.391. The zero-order valence-electron chi connectivity index (χ0n) is 8.60. The first-order valence-corrected chi connectivity index (χ1v) is 4.25. The van der Waals surface area contributed by atoms with Gasteiger partial charge in [0.15, 0.2) is 0 Å². The summed E-state index contributed by atoms with van der Waals surface area (Å²) in [5.41, 5.74) is -0.178. The zero-order valence-corrected chi connectivity index (χ0v) is 8.60. The molecule has 1 unspecified atom stereocenters. The largest absolute Gasteiger partial charge is 0.372 e. The van der Waals surface area contributed by atoms with Crippen LogP contribution in [0.5, 0.6) is 0 Å². The highest BCUT2D eigenvalue weighted by atomic mass is 16.5. The Morgan fingerprint density at radius 1 is 1.50 bits per heavy atom. The van der Waals surface area contributed by atoms with E-state index < -0.39 is 0 Å². The topological polar surface area (TPSA) is 38.3 Å². The summed E-state index contributed by atoms with van der Waals surface area (Å²) in [6.45, 7) is 7.78. The Morgan fingerprint density at radius 2 is 2.00 bits per heavy atom. The fraction of sp³-hybridized carbons (Fsp3) is 0.889. The lowest BCUT2D eigenvalue weighted by Gasteiger charge is -2.23. The van der Waals surface area contributed by atoms with E-state index in [0.717, 1.165) is 0 Å². The molecule has 12 heavy (non-hydrogen) atoms. The van der Waals surface area contributed by atoms with E-state index in [0.29, 0.717) is 6.42 Å². The zero-order chi connectivity index (χ0) is 9.78. The number of methoxy groups -OCH3 is 1. The van der Waals surface area contributed by atoms with Gasteiger partial charge in [0.1, 0.15) is 6.10 Å². The van der Waals surface area contributed by atoms with Crippen LogP contribution in [0.3, 0.4) is 0 Å². The van der Waals surface area contributed by atoms with Crippen LogP contribution in [0.2, 0.25) is 0 Å². The van der Waals surface area contributed by atoms with Gasteiger partial charge in [0.2, 0.25) is 5.91 Å². The first kappa shape index (κ1) is 11.4. The van der Waals surface area contributed by atoms with E-state index in [1.165, 1.54) is 0 Å². The van der Waals surface area contributed by atoms with Crippen molar-refractivity contribution in [1.82, 2.24) is 5.32 Å². The van der Waals surface area contributed by atoms with Crippen LogP contribution < -0.4 is 5.32 Å². The minimum absolute atomic E-state index is 0.0347. The number of ether oxygens (including phenoxy) is 1. The van der Waals surface area contributed by atoms with Gasteiger partial charge in [-0.25, -0.2) is 0 Å². The monoisotopic (exact) mass is 173 g/mol. The maximum absolute atomic E-state index is 11.4. The molecule has 0 rings (SSSR count). The van der Waals surface area contributed by atoms with Crippen LogP contribution in [0.25, 0.3) is 0 Å². The summed E-state index contributed by atoms with van der Waals surface area (Å²) in [5.74, 6) is -0.0347. The third-order valence-corrected chi connectivity index (χ3v) is 1.45. The minimum atomic E-state index is -0.316. The van der Waals surface area contributed by atoms with Crippen molar-refractivity contribution in [2.24, 2.45) is 0 Å². The van der Waals surface area contributed by atoms with E-state index >= 15 is 0 Å². The number of rotatable bonds is 3. The van der Waals surface area contributed by atoms with Crippen molar-refractivity contribution in [3.8, 4) is 0 Å². The average Bonchev–Trinajstić information content (AvgIpc) is 1.85. The predicted molar refractivity (Wildman–Crippen MR) is 49.0 cm³/mol. The standard InChI is InChI=1S/C9H19NO2/c1-6-7(12-5)8(11)10-9(2,3)4/h7H,6H2,1-5H3,(H,10,11). The Hall–Kier alpha value is -0.570. The summed E-state index contributed by atoms with van der Waals surface area (Å²) >= 11 is 0. The lowest BCUT2D eigenvalue weighted by Crippen LogP contribution is -2.46. The first-order chi connectivity index (χ1) is 5.40. The number of amides is 1. The van der Waals surface area contributed by atoms with Crippen LogP contribution in [0.4, 0.5) is 0 Å². The first-order valence-electron chi connectivity index (χ1n) is 4.25. The van der Waals surface area contributed by atoms with E-state index in [1.54, 1.807) is 7.11 Å². The molecule has 3 heteroatoms. The predicted octanol–water partition coefficient (Wildman–Crippen LogP) is 1.33. The molecule has 1 atom stereocenters. The Morgan fingerprint density at radius 3 is 2.25 bits per heavy atom. The van der Waals surface area contributed by atoms with Gasteiger partial charge in [0.25, 0.3) is 0 Å². The maximum atomic E-state index is 11.4. The molecule has 0 aliphatic heterocycles. The van der Waals surface area contributed by atoms with Crippen LogP contribution in [-0.2, 0) is 9.53 Å². The van der Waals surface area contributed by atoms with Gasteiger partial charge < -0.3 is 10.1 Å². The molecule has 0 aromatic carbocycles. The lowest BCUT2D eigenvalue weighted by molar-refractivity contribution is -0.132. The van der Waals surface area contributed by atoms with Crippen LogP contribution >= 0.6 is 0 Å². The number of carbonyl (C=O) groups is 1. The van der Waals surface area contributed by atoms with E-state index in [2.05, 4.69) is 5.32 Å². The van der Waals surface area contributed by atoms with Crippen molar-refractivity contribution in [1.29, 1.82) is 0 Å². The average molecular weight is 173 g/mol. The fourth-order valence-corrected chi connectivity index (χ4v) is 0.909. The molecule has 3 nitrogen and oxygen atoms in total. The molecule has 0 aliphatic carbocycles. The van der Waals surface area contributed by atoms with Crippen LogP contribution in [0.1, 0.15) is 34.1 Å². The van der Waals surface area contributed by atoms with Crippen molar-refractivity contribution in [3.05, 3.63) is 0 Å². The Labute approximate surface area is 74.5 Å². The van der Waals surface area contributed by atoms with Gasteiger partial charge in [-0.3, -0.25) is 4.79 Å². The third kappa shape index (κ3) is 4.34. The molecule has 1 N–H and O–H groups in total. The van der Waals surface area contributed by atoms with Crippen LogP contribution in [0, 0.1) is 0 Å². The molecule has 0 spiro atoms. The van der Waals surface area contributed by atoms with E-state index in [1.807, 2.05) is 27.7 Å². The van der Waals surface area contributed by atoms with Crippen molar-refractivity contribution in [3.63, 3.8) is 0 Å². The Balaban J connectivity index is 4.02. The molecule has 0 fully saturated rings. The van der Waals surface area contributed by atoms with Gasteiger partial charge in [-0.1, -0.05) is 6.92 Å². The van der Waals surface area contributed by atoms with Gasteiger partial charge in [-0.15, -0.1) is 0 Å². The minimum Gasteiger partial charge on any atom is -0.372 e.